The molecule has 4 rings (SSSR count). The highest BCUT2D eigenvalue weighted by Crippen LogP contribution is 2.25. The number of carbonyl (C=O) groups is 1. The number of imidazole rings is 1. The molecule has 1 saturated carbocycles. The minimum absolute atomic E-state index is 0.0839. The van der Waals surface area contributed by atoms with Crippen LogP contribution in [0, 0.1) is 0 Å². The Kier molecular flexibility index (Phi) is 5.72. The van der Waals surface area contributed by atoms with Crippen LogP contribution in [0.1, 0.15) is 36.3 Å². The summed E-state index contributed by atoms with van der Waals surface area (Å²) in [6.45, 7) is -0.980. The normalized spacial score (nSPS) is 19.7. The average molecular weight is 417 g/mol. The van der Waals surface area contributed by atoms with E-state index in [-0.39, 0.29) is 23.8 Å². The number of fused-ring (bicyclic) bond motifs is 1. The first kappa shape index (κ1) is 20.3. The summed E-state index contributed by atoms with van der Waals surface area (Å²) < 4.78 is 38.8. The minimum atomic E-state index is -4.21. The van der Waals surface area contributed by atoms with Crippen molar-refractivity contribution >= 4 is 11.4 Å². The number of alkyl halides is 3. The maximum atomic E-state index is 12.9. The summed E-state index contributed by atoms with van der Waals surface area (Å²) in [5, 5.41) is 5.55. The van der Waals surface area contributed by atoms with Crippen molar-refractivity contribution in [3.05, 3.63) is 54.7 Å². The van der Waals surface area contributed by atoms with Crippen LogP contribution in [-0.4, -0.2) is 45.1 Å². The highest BCUT2D eigenvalue weighted by atomic mass is 19.4. The Morgan fingerprint density at radius 3 is 2.57 bits per heavy atom. The molecule has 1 fully saturated rings. The maximum absolute atomic E-state index is 12.9. The van der Waals surface area contributed by atoms with Crippen molar-refractivity contribution in [2.45, 2.75) is 43.9 Å². The number of nitrogens with zero attached hydrogens (tertiary/aromatic N) is 3. The van der Waals surface area contributed by atoms with Crippen molar-refractivity contribution in [2.24, 2.45) is 0 Å². The highest BCUT2D eigenvalue weighted by molar-refractivity contribution is 5.94. The monoisotopic (exact) mass is 417 g/mol. The minimum Gasteiger partial charge on any atom is -0.347 e. The number of pyridine rings is 2. The van der Waals surface area contributed by atoms with Gasteiger partial charge in [-0.1, -0.05) is 6.07 Å². The molecule has 6 nitrogen and oxygen atoms in total. The van der Waals surface area contributed by atoms with Gasteiger partial charge in [0.25, 0.3) is 5.91 Å². The van der Waals surface area contributed by atoms with Crippen LogP contribution in [0.25, 0.3) is 16.8 Å². The first-order valence-corrected chi connectivity index (χ1v) is 9.89. The van der Waals surface area contributed by atoms with E-state index in [0.29, 0.717) is 31.4 Å². The van der Waals surface area contributed by atoms with Crippen molar-refractivity contribution in [2.75, 3.05) is 6.54 Å². The van der Waals surface area contributed by atoms with Crippen molar-refractivity contribution < 1.29 is 18.0 Å². The standard InChI is InChI=1S/C21H22F3N5O/c22-21(23,24)13-26-15-6-8-16(9-7-15)27-20(30)19-28-18(14-4-3-10-25-12-14)17-5-1-2-11-29(17)19/h1-5,10-12,15-16,26H,6-9,13H2,(H,27,30). The highest BCUT2D eigenvalue weighted by Gasteiger charge is 2.30. The van der Waals surface area contributed by atoms with E-state index >= 15 is 0 Å². The lowest BCUT2D eigenvalue weighted by atomic mass is 9.91. The van der Waals surface area contributed by atoms with E-state index in [2.05, 4.69) is 20.6 Å². The molecular weight excluding hydrogens is 395 g/mol. The van der Waals surface area contributed by atoms with Gasteiger partial charge in [-0.25, -0.2) is 4.98 Å². The smallest absolute Gasteiger partial charge is 0.347 e. The van der Waals surface area contributed by atoms with E-state index in [1.807, 2.05) is 30.3 Å². The molecule has 1 aliphatic carbocycles. The van der Waals surface area contributed by atoms with Gasteiger partial charge in [0.15, 0.2) is 0 Å². The summed E-state index contributed by atoms with van der Waals surface area (Å²) in [6.07, 6.45) is 3.38. The molecule has 0 unspecified atom stereocenters. The second-order valence-electron chi connectivity index (χ2n) is 7.50. The second kappa shape index (κ2) is 8.43. The molecule has 1 amide bonds. The summed E-state index contributed by atoms with van der Waals surface area (Å²) in [7, 11) is 0. The van der Waals surface area contributed by atoms with Crippen LogP contribution < -0.4 is 10.6 Å². The van der Waals surface area contributed by atoms with Gasteiger partial charge < -0.3 is 10.6 Å². The lowest BCUT2D eigenvalue weighted by molar-refractivity contribution is -0.126. The van der Waals surface area contributed by atoms with Crippen molar-refractivity contribution in [1.82, 2.24) is 25.0 Å². The zero-order chi connectivity index (χ0) is 21.1. The van der Waals surface area contributed by atoms with Gasteiger partial charge in [-0.05, 0) is 49.9 Å². The summed E-state index contributed by atoms with van der Waals surface area (Å²) in [5.41, 5.74) is 2.29. The van der Waals surface area contributed by atoms with Gasteiger partial charge in [-0.3, -0.25) is 14.2 Å². The van der Waals surface area contributed by atoms with Crippen LogP contribution in [0.15, 0.2) is 48.9 Å². The number of carbonyl (C=O) groups excluding carboxylic acids is 1. The van der Waals surface area contributed by atoms with Gasteiger partial charge in [0.1, 0.15) is 0 Å². The molecule has 9 heteroatoms. The molecule has 3 heterocycles. The van der Waals surface area contributed by atoms with Crippen LogP contribution in [0.3, 0.4) is 0 Å². The summed E-state index contributed by atoms with van der Waals surface area (Å²) in [6, 6.07) is 9.05. The summed E-state index contributed by atoms with van der Waals surface area (Å²) in [5.74, 6) is -0.0141. The lowest BCUT2D eigenvalue weighted by Crippen LogP contribution is -2.44. The number of halogens is 3. The Bertz CT molecular complexity index is 1010. The Hall–Kier alpha value is -2.94. The van der Waals surface area contributed by atoms with E-state index in [9.17, 15) is 18.0 Å². The quantitative estimate of drug-likeness (QED) is 0.666. The molecule has 0 bridgehead atoms. The van der Waals surface area contributed by atoms with Crippen LogP contribution in [-0.2, 0) is 0 Å². The maximum Gasteiger partial charge on any atom is 0.401 e. The molecule has 0 saturated heterocycles. The number of amides is 1. The van der Waals surface area contributed by atoms with Gasteiger partial charge in [0.2, 0.25) is 5.82 Å². The number of hydrogen-bond acceptors (Lipinski definition) is 4. The van der Waals surface area contributed by atoms with Crippen molar-refractivity contribution in [3.8, 4) is 11.3 Å². The molecule has 0 radical (unpaired) electrons. The number of nitrogens with one attached hydrogen (secondary N) is 2. The topological polar surface area (TPSA) is 71.3 Å². The van der Waals surface area contributed by atoms with E-state index in [1.165, 1.54) is 0 Å². The fraction of sp³-hybridized carbons (Fsp3) is 0.381. The van der Waals surface area contributed by atoms with E-state index < -0.39 is 12.7 Å². The zero-order valence-corrected chi connectivity index (χ0v) is 16.2. The molecule has 158 valence electrons. The second-order valence-corrected chi connectivity index (χ2v) is 7.50. The number of aromatic nitrogens is 3. The summed E-state index contributed by atoms with van der Waals surface area (Å²) >= 11 is 0. The van der Waals surface area contributed by atoms with Gasteiger partial charge in [-0.2, -0.15) is 13.2 Å². The van der Waals surface area contributed by atoms with Crippen molar-refractivity contribution in [1.29, 1.82) is 0 Å². The van der Waals surface area contributed by atoms with E-state index in [0.717, 1.165) is 11.1 Å². The summed E-state index contributed by atoms with van der Waals surface area (Å²) in [4.78, 5) is 21.6. The first-order chi connectivity index (χ1) is 14.4. The van der Waals surface area contributed by atoms with Gasteiger partial charge in [0, 0.05) is 36.2 Å². The predicted octanol–water partition coefficient (Wildman–Crippen LogP) is 3.59. The molecule has 2 N–H and O–H groups in total. The third-order valence-electron chi connectivity index (χ3n) is 5.34. The average Bonchev–Trinajstić information content (AvgIpc) is 3.13. The Balaban J connectivity index is 1.45. The largest absolute Gasteiger partial charge is 0.401 e. The third kappa shape index (κ3) is 4.62. The molecule has 0 aromatic carbocycles. The van der Waals surface area contributed by atoms with Crippen molar-refractivity contribution in [3.63, 3.8) is 0 Å². The molecule has 30 heavy (non-hydrogen) atoms. The molecule has 0 aliphatic heterocycles. The Labute approximate surface area is 171 Å². The first-order valence-electron chi connectivity index (χ1n) is 9.89. The molecular formula is C21H22F3N5O. The lowest BCUT2D eigenvalue weighted by Gasteiger charge is -2.29. The van der Waals surface area contributed by atoms with Crippen LogP contribution in [0.4, 0.5) is 13.2 Å². The van der Waals surface area contributed by atoms with Gasteiger partial charge >= 0.3 is 6.18 Å². The molecule has 3 aromatic heterocycles. The van der Waals surface area contributed by atoms with E-state index in [1.54, 1.807) is 23.0 Å². The van der Waals surface area contributed by atoms with Crippen LogP contribution in [0.5, 0.6) is 0 Å². The SMILES string of the molecule is O=C(NC1CCC(NCC(F)(F)F)CC1)c1nc(-c2cccnc2)c2ccccn12. The molecule has 0 spiro atoms. The third-order valence-corrected chi connectivity index (χ3v) is 5.34. The predicted molar refractivity (Wildman–Crippen MR) is 106 cm³/mol. The fourth-order valence-corrected chi connectivity index (χ4v) is 3.87. The fourth-order valence-electron chi connectivity index (χ4n) is 3.87. The zero-order valence-electron chi connectivity index (χ0n) is 16.2. The number of hydrogen-bond donors (Lipinski definition) is 2. The molecule has 0 atom stereocenters. The van der Waals surface area contributed by atoms with E-state index in [4.69, 9.17) is 0 Å². The van der Waals surface area contributed by atoms with Gasteiger partial charge in [-0.15, -0.1) is 0 Å². The van der Waals surface area contributed by atoms with Crippen LogP contribution >= 0.6 is 0 Å². The Morgan fingerprint density at radius 2 is 1.87 bits per heavy atom. The molecule has 3 aromatic rings. The van der Waals surface area contributed by atoms with Gasteiger partial charge in [0.05, 0.1) is 17.8 Å². The van der Waals surface area contributed by atoms with Crippen LogP contribution in [0.2, 0.25) is 0 Å². The molecule has 1 aliphatic rings. The number of rotatable bonds is 5. The Morgan fingerprint density at radius 1 is 1.10 bits per heavy atom.